The maximum Gasteiger partial charge on any atom is 0.340 e. The van der Waals surface area contributed by atoms with Crippen LogP contribution in [0.4, 0.5) is 0 Å². The van der Waals surface area contributed by atoms with Crippen LogP contribution in [0.3, 0.4) is 0 Å². The monoisotopic (exact) mass is 216 g/mol. The van der Waals surface area contributed by atoms with E-state index in [4.69, 9.17) is 17.0 Å². The number of nitrogens with zero attached hydrogens (tertiary/aromatic N) is 2. The van der Waals surface area contributed by atoms with E-state index in [0.29, 0.717) is 11.4 Å². The topological polar surface area (TPSA) is 50.9 Å². The molecule has 0 bridgehead atoms. The molecule has 14 heavy (non-hydrogen) atoms. The molecule has 0 fully saturated rings. The molecule has 0 aliphatic rings. The predicted molar refractivity (Wildman–Crippen MR) is 52.2 cm³/mol. The number of ether oxygens (including phenoxy) is 1. The highest BCUT2D eigenvalue weighted by Crippen LogP contribution is 1.88. The van der Waals surface area contributed by atoms with Crippen LogP contribution >= 0.6 is 12.2 Å². The van der Waals surface area contributed by atoms with Crippen LogP contribution in [0.25, 0.3) is 0 Å². The van der Waals surface area contributed by atoms with Crippen LogP contribution in [0.1, 0.15) is 12.7 Å². The second-order valence-electron chi connectivity index (χ2n) is 2.91. The van der Waals surface area contributed by atoms with Crippen LogP contribution in [0.5, 0.6) is 0 Å². The molecule has 0 unspecified atom stereocenters. The van der Waals surface area contributed by atoms with Crippen LogP contribution in [-0.2, 0) is 23.1 Å². The Morgan fingerprint density at radius 2 is 2.36 bits per heavy atom. The van der Waals surface area contributed by atoms with E-state index in [1.807, 2.05) is 14.0 Å². The van der Waals surface area contributed by atoms with Crippen molar-refractivity contribution >= 4 is 18.2 Å². The van der Waals surface area contributed by atoms with Gasteiger partial charge in [-0.1, -0.05) is 0 Å². The van der Waals surface area contributed by atoms with Gasteiger partial charge < -0.3 is 4.74 Å². The van der Waals surface area contributed by atoms with Gasteiger partial charge in [0, 0.05) is 6.92 Å². The van der Waals surface area contributed by atoms with Crippen molar-refractivity contribution in [2.75, 3.05) is 6.61 Å². The zero-order chi connectivity index (χ0) is 10.7. The summed E-state index contributed by atoms with van der Waals surface area (Å²) in [5.74, 6) is 0.620. The van der Waals surface area contributed by atoms with E-state index in [1.54, 1.807) is 16.2 Å². The average Bonchev–Trinajstić information content (AvgIpc) is 2.33. The van der Waals surface area contributed by atoms with Crippen LogP contribution < -0.4 is 4.57 Å². The molecule has 0 radical (unpaired) electrons. The van der Waals surface area contributed by atoms with Crippen molar-refractivity contribution in [3.8, 4) is 0 Å². The predicted octanol–water partition coefficient (Wildman–Crippen LogP) is 0.242. The number of carbonyl (C=O) groups excluding carboxylic acids is 1. The summed E-state index contributed by atoms with van der Waals surface area (Å²) in [5, 5.41) is 2.91. The van der Waals surface area contributed by atoms with Gasteiger partial charge in [0.25, 0.3) is 0 Å². The molecule has 1 aromatic rings. The first-order chi connectivity index (χ1) is 6.56. The van der Waals surface area contributed by atoms with Crippen LogP contribution in [0.2, 0.25) is 0 Å². The number of hydrogen-bond donors (Lipinski definition) is 1. The Morgan fingerprint density at radius 1 is 1.71 bits per heavy atom. The molecule has 1 rings (SSSR count). The smallest absolute Gasteiger partial charge is 0.340 e. The standard InChI is InChI=1S/C8H13N3O2S/c1-4-13-7(12)5-11-6(2)10(3)9-8(11)14/h4-5H2,1-3H3/p+1. The van der Waals surface area contributed by atoms with Crippen LogP contribution in [-0.4, -0.2) is 22.4 Å². The zero-order valence-corrected chi connectivity index (χ0v) is 9.35. The van der Waals surface area contributed by atoms with E-state index < -0.39 is 0 Å². The summed E-state index contributed by atoms with van der Waals surface area (Å²) >= 11 is 5.04. The quantitative estimate of drug-likeness (QED) is 0.447. The van der Waals surface area contributed by atoms with Gasteiger partial charge in [-0.15, -0.1) is 5.10 Å². The summed E-state index contributed by atoms with van der Waals surface area (Å²) in [7, 11) is 1.84. The lowest BCUT2D eigenvalue weighted by Gasteiger charge is -1.99. The molecular formula is C8H14N3O2S+. The fourth-order valence-corrected chi connectivity index (χ4v) is 1.47. The highest BCUT2D eigenvalue weighted by molar-refractivity contribution is 7.71. The SMILES string of the molecule is CCOC(=O)C[n+]1c(C)n(C)[nH]c1=S. The lowest BCUT2D eigenvalue weighted by atomic mass is 10.6. The molecule has 1 heterocycles. The van der Waals surface area contributed by atoms with Gasteiger partial charge in [0.2, 0.25) is 5.82 Å². The minimum Gasteiger partial charge on any atom is -0.464 e. The van der Waals surface area contributed by atoms with Crippen molar-refractivity contribution in [3.63, 3.8) is 0 Å². The zero-order valence-electron chi connectivity index (χ0n) is 8.53. The molecule has 6 heteroatoms. The molecule has 0 aliphatic heterocycles. The Balaban J connectivity index is 2.86. The molecule has 0 saturated heterocycles. The van der Waals surface area contributed by atoms with E-state index in [1.165, 1.54) is 0 Å². The Kier molecular flexibility index (Phi) is 3.40. The third-order valence-corrected chi connectivity index (χ3v) is 2.29. The number of esters is 1. The van der Waals surface area contributed by atoms with Crippen LogP contribution in [0.15, 0.2) is 0 Å². The molecule has 1 N–H and O–H groups in total. The number of aromatic nitrogens is 3. The van der Waals surface area contributed by atoms with E-state index in [9.17, 15) is 4.79 Å². The van der Waals surface area contributed by atoms with Crippen molar-refractivity contribution in [3.05, 3.63) is 10.6 Å². The fourth-order valence-electron chi connectivity index (χ4n) is 1.13. The molecule has 0 aromatic carbocycles. The van der Waals surface area contributed by atoms with Crippen LogP contribution in [0, 0.1) is 11.7 Å². The second kappa shape index (κ2) is 4.36. The van der Waals surface area contributed by atoms with Crippen molar-refractivity contribution in [1.82, 2.24) is 9.78 Å². The first-order valence-corrected chi connectivity index (χ1v) is 4.78. The summed E-state index contributed by atoms with van der Waals surface area (Å²) in [6.07, 6.45) is 0. The molecule has 78 valence electrons. The number of aromatic amines is 1. The van der Waals surface area contributed by atoms with Gasteiger partial charge in [-0.2, -0.15) is 4.68 Å². The Bertz CT molecular complexity index is 394. The van der Waals surface area contributed by atoms with E-state index in [0.717, 1.165) is 5.82 Å². The number of rotatable bonds is 3. The first-order valence-electron chi connectivity index (χ1n) is 4.37. The third-order valence-electron chi connectivity index (χ3n) is 1.98. The number of carbonyl (C=O) groups is 1. The summed E-state index contributed by atoms with van der Waals surface area (Å²) in [5.41, 5.74) is 0. The molecule has 0 atom stereocenters. The van der Waals surface area contributed by atoms with Gasteiger partial charge in [-0.25, -0.2) is 9.36 Å². The molecule has 0 saturated carbocycles. The van der Waals surface area contributed by atoms with E-state index in [-0.39, 0.29) is 12.5 Å². The summed E-state index contributed by atoms with van der Waals surface area (Å²) in [4.78, 5) is 11.2. The molecule has 0 amide bonds. The molecule has 0 aliphatic carbocycles. The van der Waals surface area contributed by atoms with E-state index in [2.05, 4.69) is 5.10 Å². The van der Waals surface area contributed by atoms with Crippen molar-refractivity contribution < 1.29 is 14.1 Å². The van der Waals surface area contributed by atoms with Crippen molar-refractivity contribution in [2.24, 2.45) is 7.05 Å². The number of aryl methyl sites for hydroxylation is 1. The average molecular weight is 216 g/mol. The molecule has 0 spiro atoms. The first kappa shape index (κ1) is 10.9. The largest absolute Gasteiger partial charge is 0.464 e. The maximum atomic E-state index is 11.2. The lowest BCUT2D eigenvalue weighted by Crippen LogP contribution is -2.41. The van der Waals surface area contributed by atoms with Gasteiger partial charge in [-0.05, 0) is 19.1 Å². The molecule has 1 aromatic heterocycles. The number of nitrogens with one attached hydrogen (secondary N) is 1. The molecule has 5 nitrogen and oxygen atoms in total. The summed E-state index contributed by atoms with van der Waals surface area (Å²) in [6, 6.07) is 0. The molecular weight excluding hydrogens is 202 g/mol. The van der Waals surface area contributed by atoms with Gasteiger partial charge in [-0.3, -0.25) is 0 Å². The summed E-state index contributed by atoms with van der Waals surface area (Å²) in [6.45, 7) is 4.21. The normalized spacial score (nSPS) is 10.2. The maximum absolute atomic E-state index is 11.2. The number of hydrogen-bond acceptors (Lipinski definition) is 3. The van der Waals surface area contributed by atoms with Gasteiger partial charge >= 0.3 is 10.7 Å². The van der Waals surface area contributed by atoms with Gasteiger partial charge in [0.05, 0.1) is 13.7 Å². The minimum atomic E-state index is -0.272. The Morgan fingerprint density at radius 3 is 2.79 bits per heavy atom. The van der Waals surface area contributed by atoms with Gasteiger partial charge in [0.15, 0.2) is 6.54 Å². The van der Waals surface area contributed by atoms with Crippen molar-refractivity contribution in [1.29, 1.82) is 0 Å². The minimum absolute atomic E-state index is 0.163. The Labute approximate surface area is 87.3 Å². The lowest BCUT2D eigenvalue weighted by molar-refractivity contribution is -0.698. The second-order valence-corrected chi connectivity index (χ2v) is 3.30. The van der Waals surface area contributed by atoms with Crippen molar-refractivity contribution in [2.45, 2.75) is 20.4 Å². The summed E-state index contributed by atoms with van der Waals surface area (Å²) < 4.78 is 8.83. The fraction of sp³-hybridized carbons (Fsp3) is 0.625. The van der Waals surface area contributed by atoms with Gasteiger partial charge in [0.1, 0.15) is 0 Å². The highest BCUT2D eigenvalue weighted by atomic mass is 32.1. The Hall–Kier alpha value is -1.17. The third kappa shape index (κ3) is 2.20. The highest BCUT2D eigenvalue weighted by Gasteiger charge is 2.15. The van der Waals surface area contributed by atoms with E-state index >= 15 is 0 Å². The number of H-pyrrole nitrogens is 1.